The summed E-state index contributed by atoms with van der Waals surface area (Å²) in [6.45, 7) is 1.48. The van der Waals surface area contributed by atoms with Gasteiger partial charge in [0.05, 0.1) is 12.2 Å². The molecule has 6 heteroatoms. The highest BCUT2D eigenvalue weighted by molar-refractivity contribution is 5.85. The quantitative estimate of drug-likeness (QED) is 0.602. The number of carbonyl (C=O) groups is 1. The molecule has 0 aliphatic carbocycles. The van der Waals surface area contributed by atoms with Crippen molar-refractivity contribution in [2.45, 2.75) is 19.1 Å². The Balaban J connectivity index is 1.85. The number of esters is 1. The predicted octanol–water partition coefficient (Wildman–Crippen LogP) is 4.34. The third-order valence-electron chi connectivity index (χ3n) is 4.48. The number of rotatable bonds is 7. The summed E-state index contributed by atoms with van der Waals surface area (Å²) in [5.41, 5.74) is -1.52. The highest BCUT2D eigenvalue weighted by atomic mass is 19.1. The van der Waals surface area contributed by atoms with E-state index in [1.807, 2.05) is 0 Å². The van der Waals surface area contributed by atoms with Crippen LogP contribution in [-0.2, 0) is 21.7 Å². The second-order valence-corrected chi connectivity index (χ2v) is 6.31. The summed E-state index contributed by atoms with van der Waals surface area (Å²) in [7, 11) is 0. The lowest BCUT2D eigenvalue weighted by molar-refractivity contribution is -0.161. The van der Waals surface area contributed by atoms with Gasteiger partial charge in [0.2, 0.25) is 5.60 Å². The molecule has 3 rings (SSSR count). The maximum absolute atomic E-state index is 13.7. The summed E-state index contributed by atoms with van der Waals surface area (Å²) in [5.74, 6) is -1.85. The first-order valence-electron chi connectivity index (χ1n) is 9.08. The van der Waals surface area contributed by atoms with Crippen LogP contribution in [0.25, 0.3) is 0 Å². The molecule has 0 spiro atoms. The lowest BCUT2D eigenvalue weighted by atomic mass is 9.86. The van der Waals surface area contributed by atoms with Crippen molar-refractivity contribution in [3.8, 4) is 5.75 Å². The van der Waals surface area contributed by atoms with Gasteiger partial charge in [-0.3, -0.25) is 0 Å². The van der Waals surface area contributed by atoms with Crippen molar-refractivity contribution in [3.05, 3.63) is 101 Å². The van der Waals surface area contributed by atoms with E-state index in [1.54, 1.807) is 37.3 Å². The minimum atomic E-state index is -1.99. The fraction of sp³-hybridized carbons (Fsp3) is 0.174. The van der Waals surface area contributed by atoms with Crippen molar-refractivity contribution in [3.63, 3.8) is 0 Å². The van der Waals surface area contributed by atoms with Gasteiger partial charge in [-0.05, 0) is 42.3 Å². The normalized spacial score (nSPS) is 12.8. The molecule has 3 aromatic carbocycles. The van der Waals surface area contributed by atoms with E-state index < -0.39 is 23.2 Å². The first kappa shape index (κ1) is 20.5. The Bertz CT molecular complexity index is 954. The van der Waals surface area contributed by atoms with Crippen LogP contribution < -0.4 is 4.74 Å². The molecule has 0 aliphatic rings. The van der Waals surface area contributed by atoms with Crippen molar-refractivity contribution in [2.24, 2.45) is 0 Å². The zero-order valence-corrected chi connectivity index (χ0v) is 15.8. The van der Waals surface area contributed by atoms with Crippen LogP contribution >= 0.6 is 0 Å². The van der Waals surface area contributed by atoms with Crippen LogP contribution in [0, 0.1) is 11.6 Å². The van der Waals surface area contributed by atoms with E-state index >= 15 is 0 Å². The van der Waals surface area contributed by atoms with E-state index in [1.165, 1.54) is 30.3 Å². The topological polar surface area (TPSA) is 55.8 Å². The molecule has 0 heterocycles. The van der Waals surface area contributed by atoms with Crippen molar-refractivity contribution in [1.29, 1.82) is 0 Å². The maximum atomic E-state index is 13.7. The Hall–Kier alpha value is -3.25. The number of ether oxygens (including phenoxy) is 2. The molecule has 29 heavy (non-hydrogen) atoms. The van der Waals surface area contributed by atoms with Gasteiger partial charge in [0, 0.05) is 0 Å². The summed E-state index contributed by atoms with van der Waals surface area (Å²) in [6, 6.07) is 18.1. The lowest BCUT2D eigenvalue weighted by Gasteiger charge is -2.27. The van der Waals surface area contributed by atoms with Crippen LogP contribution in [-0.4, -0.2) is 17.7 Å². The van der Waals surface area contributed by atoms with Gasteiger partial charge in [0.25, 0.3) is 0 Å². The molecule has 0 amide bonds. The van der Waals surface area contributed by atoms with Crippen LogP contribution in [0.5, 0.6) is 5.75 Å². The van der Waals surface area contributed by atoms with Gasteiger partial charge in [-0.2, -0.15) is 0 Å². The number of halogens is 2. The number of carbonyl (C=O) groups excluding carboxylic acids is 1. The first-order valence-corrected chi connectivity index (χ1v) is 9.08. The fourth-order valence-electron chi connectivity index (χ4n) is 2.94. The average molecular weight is 398 g/mol. The summed E-state index contributed by atoms with van der Waals surface area (Å²) in [5, 5.41) is 11.2. The van der Waals surface area contributed by atoms with E-state index in [4.69, 9.17) is 9.47 Å². The molecule has 0 bridgehead atoms. The lowest BCUT2D eigenvalue weighted by Crippen LogP contribution is -2.38. The second kappa shape index (κ2) is 8.84. The highest BCUT2D eigenvalue weighted by Gasteiger charge is 2.41. The van der Waals surface area contributed by atoms with Crippen LogP contribution in [0.4, 0.5) is 8.78 Å². The molecule has 150 valence electrons. The van der Waals surface area contributed by atoms with Crippen molar-refractivity contribution in [1.82, 2.24) is 0 Å². The molecule has 0 fully saturated rings. The smallest absolute Gasteiger partial charge is 0.347 e. The van der Waals surface area contributed by atoms with Crippen molar-refractivity contribution in [2.75, 3.05) is 6.61 Å². The molecular weight excluding hydrogens is 378 g/mol. The second-order valence-electron chi connectivity index (χ2n) is 6.31. The molecule has 0 saturated carbocycles. The van der Waals surface area contributed by atoms with Gasteiger partial charge in [-0.25, -0.2) is 13.6 Å². The Labute approximate surface area is 167 Å². The highest BCUT2D eigenvalue weighted by Crippen LogP contribution is 2.32. The van der Waals surface area contributed by atoms with Gasteiger partial charge in [-0.1, -0.05) is 48.5 Å². The van der Waals surface area contributed by atoms with Gasteiger partial charge in [-0.15, -0.1) is 0 Å². The zero-order valence-electron chi connectivity index (χ0n) is 15.8. The summed E-state index contributed by atoms with van der Waals surface area (Å²) in [6.07, 6.45) is 0. The Morgan fingerprint density at radius 2 is 1.48 bits per heavy atom. The molecule has 4 nitrogen and oxygen atoms in total. The van der Waals surface area contributed by atoms with E-state index in [9.17, 15) is 18.7 Å². The SMILES string of the molecule is CCOC(=O)C(O)(c1ccccc1)c1ccc(OCc2c(F)cccc2F)cc1. The van der Waals surface area contributed by atoms with E-state index in [-0.39, 0.29) is 24.3 Å². The Morgan fingerprint density at radius 3 is 2.07 bits per heavy atom. The van der Waals surface area contributed by atoms with Gasteiger partial charge >= 0.3 is 5.97 Å². The van der Waals surface area contributed by atoms with Crippen LogP contribution in [0.2, 0.25) is 0 Å². The molecule has 1 unspecified atom stereocenters. The number of aliphatic hydroxyl groups is 1. The fourth-order valence-corrected chi connectivity index (χ4v) is 2.94. The minimum absolute atomic E-state index is 0.114. The minimum Gasteiger partial charge on any atom is -0.489 e. The van der Waals surface area contributed by atoms with E-state index in [0.717, 1.165) is 12.1 Å². The average Bonchev–Trinajstić information content (AvgIpc) is 2.74. The molecule has 3 aromatic rings. The Kier molecular flexibility index (Phi) is 6.24. The molecule has 0 aromatic heterocycles. The monoisotopic (exact) mass is 398 g/mol. The molecule has 0 aliphatic heterocycles. The molecule has 1 N–H and O–H groups in total. The zero-order chi connectivity index (χ0) is 20.9. The third kappa shape index (κ3) is 4.27. The summed E-state index contributed by atoms with van der Waals surface area (Å²) >= 11 is 0. The molecule has 0 radical (unpaired) electrons. The first-order chi connectivity index (χ1) is 14.0. The standard InChI is InChI=1S/C23H20F2O4/c1-2-28-22(26)23(27,16-7-4-3-5-8-16)17-11-13-18(14-12-17)29-15-19-20(24)9-6-10-21(19)25/h3-14,27H,2,15H2,1H3. The number of benzene rings is 3. The third-order valence-corrected chi connectivity index (χ3v) is 4.48. The number of hydrogen-bond donors (Lipinski definition) is 1. The number of hydrogen-bond acceptors (Lipinski definition) is 4. The summed E-state index contributed by atoms with van der Waals surface area (Å²) in [4.78, 5) is 12.5. The Morgan fingerprint density at radius 1 is 0.897 bits per heavy atom. The molecule has 0 saturated heterocycles. The van der Waals surface area contributed by atoms with Gasteiger partial charge < -0.3 is 14.6 Å². The van der Waals surface area contributed by atoms with Crippen LogP contribution in [0.3, 0.4) is 0 Å². The predicted molar refractivity (Wildman–Crippen MR) is 103 cm³/mol. The summed E-state index contributed by atoms with van der Waals surface area (Å²) < 4.78 is 38.0. The van der Waals surface area contributed by atoms with Gasteiger partial charge in [0.1, 0.15) is 24.0 Å². The van der Waals surface area contributed by atoms with Crippen LogP contribution in [0.15, 0.2) is 72.8 Å². The van der Waals surface area contributed by atoms with E-state index in [2.05, 4.69) is 0 Å². The molecular formula is C23H20F2O4. The van der Waals surface area contributed by atoms with Gasteiger partial charge in [0.15, 0.2) is 0 Å². The van der Waals surface area contributed by atoms with Crippen LogP contribution in [0.1, 0.15) is 23.6 Å². The largest absolute Gasteiger partial charge is 0.489 e. The maximum Gasteiger partial charge on any atom is 0.347 e. The molecule has 1 atom stereocenters. The van der Waals surface area contributed by atoms with Crippen molar-refractivity contribution < 1.29 is 28.2 Å². The van der Waals surface area contributed by atoms with E-state index in [0.29, 0.717) is 11.3 Å². The van der Waals surface area contributed by atoms with Crippen molar-refractivity contribution >= 4 is 5.97 Å².